The van der Waals surface area contributed by atoms with Crippen molar-refractivity contribution in [1.82, 2.24) is 10.3 Å². The Hall–Kier alpha value is -1.65. The molecular weight excluding hydrogens is 264 g/mol. The number of pyridine rings is 1. The van der Waals surface area contributed by atoms with Crippen molar-refractivity contribution >= 4 is 28.4 Å². The Balaban J connectivity index is 2.01. The van der Waals surface area contributed by atoms with Gasteiger partial charge in [0.15, 0.2) is 0 Å². The molecule has 100 valence electrons. The molecule has 0 aliphatic heterocycles. The van der Waals surface area contributed by atoms with Gasteiger partial charge >= 0.3 is 0 Å². The summed E-state index contributed by atoms with van der Waals surface area (Å²) < 4.78 is 0. The molecule has 0 atom stereocenters. The van der Waals surface area contributed by atoms with Gasteiger partial charge in [0.05, 0.1) is 12.1 Å². The van der Waals surface area contributed by atoms with E-state index < -0.39 is 0 Å². The fourth-order valence-electron chi connectivity index (χ4n) is 1.80. The van der Waals surface area contributed by atoms with Gasteiger partial charge in [0.1, 0.15) is 0 Å². The van der Waals surface area contributed by atoms with Gasteiger partial charge in [0, 0.05) is 29.1 Å². The minimum absolute atomic E-state index is 0.0409. The van der Waals surface area contributed by atoms with E-state index in [4.69, 9.17) is 16.7 Å². The van der Waals surface area contributed by atoms with Crippen molar-refractivity contribution < 1.29 is 9.90 Å². The summed E-state index contributed by atoms with van der Waals surface area (Å²) in [4.78, 5) is 15.9. The molecule has 0 aliphatic rings. The number of amides is 1. The predicted octanol–water partition coefficient (Wildman–Crippen LogP) is 1.93. The van der Waals surface area contributed by atoms with E-state index in [1.807, 2.05) is 24.3 Å². The van der Waals surface area contributed by atoms with Crippen molar-refractivity contribution in [3.63, 3.8) is 0 Å². The highest BCUT2D eigenvalue weighted by Crippen LogP contribution is 2.18. The molecule has 0 spiro atoms. The molecular formula is C14H15ClN2O2. The number of carbonyl (C=O) groups excluding carboxylic acids is 1. The molecule has 0 aliphatic carbocycles. The molecule has 0 saturated carbocycles. The van der Waals surface area contributed by atoms with Crippen molar-refractivity contribution in [3.05, 3.63) is 41.0 Å². The quantitative estimate of drug-likeness (QED) is 0.878. The monoisotopic (exact) mass is 278 g/mol. The van der Waals surface area contributed by atoms with Gasteiger partial charge in [-0.05, 0) is 30.7 Å². The molecule has 5 heteroatoms. The Morgan fingerprint density at radius 1 is 1.32 bits per heavy atom. The minimum Gasteiger partial charge on any atom is -0.395 e. The molecule has 1 aromatic carbocycles. The van der Waals surface area contributed by atoms with Crippen LogP contribution in [0.25, 0.3) is 10.9 Å². The fourth-order valence-corrected chi connectivity index (χ4v) is 1.98. The first-order valence-electron chi connectivity index (χ1n) is 6.12. The third-order valence-corrected chi connectivity index (χ3v) is 2.99. The maximum atomic E-state index is 11.4. The van der Waals surface area contributed by atoms with Crippen molar-refractivity contribution in [2.45, 2.75) is 12.8 Å². The summed E-state index contributed by atoms with van der Waals surface area (Å²) in [6, 6.07) is 9.39. The highest BCUT2D eigenvalue weighted by Gasteiger charge is 2.04. The average Bonchev–Trinajstić information content (AvgIpc) is 2.42. The third kappa shape index (κ3) is 3.91. The molecule has 0 unspecified atom stereocenters. The molecule has 2 aromatic rings. The Bertz CT molecular complexity index is 587. The second-order valence-corrected chi connectivity index (χ2v) is 4.65. The normalized spacial score (nSPS) is 10.6. The largest absolute Gasteiger partial charge is 0.395 e. The van der Waals surface area contributed by atoms with E-state index in [-0.39, 0.29) is 12.5 Å². The number of halogens is 1. The first-order valence-corrected chi connectivity index (χ1v) is 6.49. The first-order chi connectivity index (χ1) is 9.19. The zero-order valence-corrected chi connectivity index (χ0v) is 11.2. The number of rotatable bonds is 5. The van der Waals surface area contributed by atoms with Crippen molar-refractivity contribution in [2.75, 3.05) is 13.2 Å². The van der Waals surface area contributed by atoms with Crippen LogP contribution in [0.15, 0.2) is 30.3 Å². The molecule has 1 heterocycles. The standard InChI is InChI=1S/C14H15ClN2O2/c15-11-2-5-13-10(9-11)1-3-12(17-13)4-6-14(19)16-7-8-18/h1-3,5,9,18H,4,6-8H2,(H,16,19). The van der Waals surface area contributed by atoms with Crippen LogP contribution in [-0.2, 0) is 11.2 Å². The van der Waals surface area contributed by atoms with Crippen molar-refractivity contribution in [2.24, 2.45) is 0 Å². The van der Waals surface area contributed by atoms with E-state index in [9.17, 15) is 4.79 Å². The summed E-state index contributed by atoms with van der Waals surface area (Å²) in [5.41, 5.74) is 1.74. The molecule has 2 N–H and O–H groups in total. The summed E-state index contributed by atoms with van der Waals surface area (Å²) in [6.07, 6.45) is 0.946. The second-order valence-electron chi connectivity index (χ2n) is 4.21. The zero-order valence-electron chi connectivity index (χ0n) is 10.4. The average molecular weight is 279 g/mol. The summed E-state index contributed by atoms with van der Waals surface area (Å²) in [7, 11) is 0. The molecule has 19 heavy (non-hydrogen) atoms. The highest BCUT2D eigenvalue weighted by molar-refractivity contribution is 6.31. The number of benzene rings is 1. The maximum absolute atomic E-state index is 11.4. The lowest BCUT2D eigenvalue weighted by Gasteiger charge is -2.04. The molecule has 0 saturated heterocycles. The third-order valence-electron chi connectivity index (χ3n) is 2.75. The molecule has 1 aromatic heterocycles. The van der Waals surface area contributed by atoms with Gasteiger partial charge < -0.3 is 10.4 Å². The van der Waals surface area contributed by atoms with Crippen LogP contribution in [0.2, 0.25) is 5.02 Å². The number of aryl methyl sites for hydroxylation is 1. The van der Waals surface area contributed by atoms with E-state index in [2.05, 4.69) is 10.3 Å². The van der Waals surface area contributed by atoms with Gasteiger partial charge in [0.2, 0.25) is 5.91 Å². The summed E-state index contributed by atoms with van der Waals surface area (Å²) >= 11 is 5.91. The molecule has 4 nitrogen and oxygen atoms in total. The number of aromatic nitrogens is 1. The van der Waals surface area contributed by atoms with Crippen LogP contribution >= 0.6 is 11.6 Å². The topological polar surface area (TPSA) is 62.2 Å². The van der Waals surface area contributed by atoms with Crippen LogP contribution in [0.1, 0.15) is 12.1 Å². The van der Waals surface area contributed by atoms with Crippen LogP contribution in [0, 0.1) is 0 Å². The van der Waals surface area contributed by atoms with E-state index in [1.165, 1.54) is 0 Å². The number of aliphatic hydroxyl groups is 1. The van der Waals surface area contributed by atoms with Gasteiger partial charge in [-0.2, -0.15) is 0 Å². The number of hydrogen-bond acceptors (Lipinski definition) is 3. The highest BCUT2D eigenvalue weighted by atomic mass is 35.5. The summed E-state index contributed by atoms with van der Waals surface area (Å²) in [5, 5.41) is 12.9. The van der Waals surface area contributed by atoms with E-state index in [0.29, 0.717) is 24.4 Å². The smallest absolute Gasteiger partial charge is 0.220 e. The van der Waals surface area contributed by atoms with E-state index in [1.54, 1.807) is 6.07 Å². The lowest BCUT2D eigenvalue weighted by Crippen LogP contribution is -2.26. The Kier molecular flexibility index (Phi) is 4.71. The van der Waals surface area contributed by atoms with Crippen molar-refractivity contribution in [1.29, 1.82) is 0 Å². The van der Waals surface area contributed by atoms with Crippen LogP contribution in [0.5, 0.6) is 0 Å². The molecule has 0 radical (unpaired) electrons. The first kappa shape index (κ1) is 13.8. The van der Waals surface area contributed by atoms with Crippen LogP contribution < -0.4 is 5.32 Å². The Morgan fingerprint density at radius 3 is 2.95 bits per heavy atom. The molecule has 1 amide bonds. The number of aliphatic hydroxyl groups excluding tert-OH is 1. The van der Waals surface area contributed by atoms with Crippen LogP contribution in [-0.4, -0.2) is 29.1 Å². The van der Waals surface area contributed by atoms with Crippen LogP contribution in [0.4, 0.5) is 0 Å². The number of carbonyl (C=O) groups is 1. The lowest BCUT2D eigenvalue weighted by molar-refractivity contribution is -0.121. The molecule has 2 rings (SSSR count). The number of hydrogen-bond donors (Lipinski definition) is 2. The van der Waals surface area contributed by atoms with Crippen LogP contribution in [0.3, 0.4) is 0 Å². The number of nitrogens with one attached hydrogen (secondary N) is 1. The summed E-state index contributed by atoms with van der Waals surface area (Å²) in [6.45, 7) is 0.253. The van der Waals surface area contributed by atoms with E-state index in [0.717, 1.165) is 16.6 Å². The van der Waals surface area contributed by atoms with E-state index >= 15 is 0 Å². The fraction of sp³-hybridized carbons (Fsp3) is 0.286. The molecule has 0 bridgehead atoms. The Morgan fingerprint density at radius 2 is 2.16 bits per heavy atom. The second kappa shape index (κ2) is 6.50. The van der Waals surface area contributed by atoms with Gasteiger partial charge in [-0.1, -0.05) is 17.7 Å². The van der Waals surface area contributed by atoms with Gasteiger partial charge in [-0.15, -0.1) is 0 Å². The van der Waals surface area contributed by atoms with Gasteiger partial charge in [0.25, 0.3) is 0 Å². The predicted molar refractivity (Wildman–Crippen MR) is 75.2 cm³/mol. The maximum Gasteiger partial charge on any atom is 0.220 e. The lowest BCUT2D eigenvalue weighted by atomic mass is 10.1. The zero-order chi connectivity index (χ0) is 13.7. The summed E-state index contributed by atoms with van der Waals surface area (Å²) in [5.74, 6) is -0.0768. The molecule has 0 fully saturated rings. The number of fused-ring (bicyclic) bond motifs is 1. The SMILES string of the molecule is O=C(CCc1ccc2cc(Cl)ccc2n1)NCCO. The minimum atomic E-state index is -0.0768. The van der Waals surface area contributed by atoms with Gasteiger partial charge in [-0.25, -0.2) is 0 Å². The Labute approximate surface area is 116 Å². The number of nitrogens with zero attached hydrogens (tertiary/aromatic N) is 1. The van der Waals surface area contributed by atoms with Crippen molar-refractivity contribution in [3.8, 4) is 0 Å². The van der Waals surface area contributed by atoms with Gasteiger partial charge in [-0.3, -0.25) is 9.78 Å².